The number of nitrogens with one attached hydrogen (secondary N) is 1. The standard InChI is InChI=1S/C16H24N2O/c1-5-15-7-9-16(10-8-15)13-18(3,4)12-6-11-17-14(2)19/h5,7-10H,1,6,11-13H2,2-4H3/p+1. The third kappa shape index (κ3) is 6.20. The van der Waals surface area contributed by atoms with Gasteiger partial charge in [0.15, 0.2) is 0 Å². The van der Waals surface area contributed by atoms with Crippen LogP contribution in [0.15, 0.2) is 30.8 Å². The highest BCUT2D eigenvalue weighted by Gasteiger charge is 2.15. The van der Waals surface area contributed by atoms with Crippen molar-refractivity contribution in [3.05, 3.63) is 42.0 Å². The van der Waals surface area contributed by atoms with Gasteiger partial charge in [0.05, 0.1) is 20.6 Å². The van der Waals surface area contributed by atoms with Crippen LogP contribution in [-0.4, -0.2) is 37.6 Å². The van der Waals surface area contributed by atoms with Crippen LogP contribution in [0.4, 0.5) is 0 Å². The molecule has 0 aliphatic carbocycles. The van der Waals surface area contributed by atoms with Gasteiger partial charge in [0.2, 0.25) is 5.91 Å². The Morgan fingerprint density at radius 2 is 1.95 bits per heavy atom. The number of nitrogens with zero attached hydrogens (tertiary/aromatic N) is 1. The predicted octanol–water partition coefficient (Wildman–Crippen LogP) is 2.43. The normalized spacial score (nSPS) is 11.1. The van der Waals surface area contributed by atoms with Gasteiger partial charge in [-0.3, -0.25) is 4.79 Å². The van der Waals surface area contributed by atoms with Crippen molar-refractivity contribution in [1.29, 1.82) is 0 Å². The lowest BCUT2D eigenvalue weighted by molar-refractivity contribution is -0.903. The third-order valence-corrected chi connectivity index (χ3v) is 3.14. The molecule has 0 unspecified atom stereocenters. The molecule has 0 radical (unpaired) electrons. The Labute approximate surface area is 116 Å². The van der Waals surface area contributed by atoms with E-state index >= 15 is 0 Å². The topological polar surface area (TPSA) is 29.1 Å². The quantitative estimate of drug-likeness (QED) is 0.593. The molecule has 19 heavy (non-hydrogen) atoms. The molecule has 1 aromatic rings. The number of benzene rings is 1. The van der Waals surface area contributed by atoms with E-state index in [1.54, 1.807) is 6.92 Å². The summed E-state index contributed by atoms with van der Waals surface area (Å²) < 4.78 is 0.924. The molecule has 0 spiro atoms. The first kappa shape index (κ1) is 15.4. The summed E-state index contributed by atoms with van der Waals surface area (Å²) >= 11 is 0. The fourth-order valence-corrected chi connectivity index (χ4v) is 2.10. The average Bonchev–Trinajstić information content (AvgIpc) is 2.35. The second-order valence-corrected chi connectivity index (χ2v) is 5.60. The summed E-state index contributed by atoms with van der Waals surface area (Å²) in [5.41, 5.74) is 2.48. The molecular weight excluding hydrogens is 236 g/mol. The highest BCUT2D eigenvalue weighted by molar-refractivity contribution is 5.72. The van der Waals surface area contributed by atoms with E-state index in [-0.39, 0.29) is 5.91 Å². The van der Waals surface area contributed by atoms with Crippen LogP contribution in [0.2, 0.25) is 0 Å². The van der Waals surface area contributed by atoms with E-state index < -0.39 is 0 Å². The Hall–Kier alpha value is -1.61. The van der Waals surface area contributed by atoms with Crippen LogP contribution >= 0.6 is 0 Å². The first-order chi connectivity index (χ1) is 8.93. The Kier molecular flexibility index (Phi) is 5.77. The molecule has 0 aliphatic rings. The molecule has 104 valence electrons. The second kappa shape index (κ2) is 7.10. The minimum Gasteiger partial charge on any atom is -0.356 e. The van der Waals surface area contributed by atoms with E-state index in [0.29, 0.717) is 0 Å². The minimum absolute atomic E-state index is 0.0466. The summed E-state index contributed by atoms with van der Waals surface area (Å²) in [6, 6.07) is 8.51. The monoisotopic (exact) mass is 261 g/mol. The Bertz CT molecular complexity index is 421. The Balaban J connectivity index is 2.43. The van der Waals surface area contributed by atoms with Crippen molar-refractivity contribution in [2.75, 3.05) is 27.2 Å². The van der Waals surface area contributed by atoms with Crippen LogP contribution < -0.4 is 5.32 Å². The Morgan fingerprint density at radius 3 is 2.47 bits per heavy atom. The van der Waals surface area contributed by atoms with Crippen LogP contribution in [0.3, 0.4) is 0 Å². The summed E-state index contributed by atoms with van der Waals surface area (Å²) in [6.45, 7) is 8.12. The van der Waals surface area contributed by atoms with Gasteiger partial charge in [-0.15, -0.1) is 0 Å². The SMILES string of the molecule is C=Cc1ccc(C[N+](C)(C)CCCNC(C)=O)cc1. The summed E-state index contributed by atoms with van der Waals surface area (Å²) in [4.78, 5) is 10.8. The molecule has 3 heteroatoms. The molecule has 3 nitrogen and oxygen atoms in total. The average molecular weight is 261 g/mol. The van der Waals surface area contributed by atoms with Gasteiger partial charge in [-0.2, -0.15) is 0 Å². The molecule has 0 heterocycles. The van der Waals surface area contributed by atoms with Gasteiger partial charge in [0, 0.05) is 25.5 Å². The van der Waals surface area contributed by atoms with Crippen molar-refractivity contribution in [1.82, 2.24) is 5.32 Å². The van der Waals surface area contributed by atoms with Gasteiger partial charge in [-0.1, -0.05) is 36.9 Å². The van der Waals surface area contributed by atoms with Crippen LogP contribution in [0, 0.1) is 0 Å². The summed E-state index contributed by atoms with van der Waals surface area (Å²) in [5, 5.41) is 2.84. The van der Waals surface area contributed by atoms with Crippen LogP contribution in [0.25, 0.3) is 6.08 Å². The number of hydrogen-bond donors (Lipinski definition) is 1. The lowest BCUT2D eigenvalue weighted by Gasteiger charge is -2.30. The molecule has 0 aliphatic heterocycles. The van der Waals surface area contributed by atoms with E-state index in [2.05, 4.69) is 50.3 Å². The maximum absolute atomic E-state index is 10.8. The maximum atomic E-state index is 10.8. The molecule has 1 rings (SSSR count). The summed E-state index contributed by atoms with van der Waals surface area (Å²) in [6.07, 6.45) is 2.86. The number of carbonyl (C=O) groups excluding carboxylic acids is 1. The molecule has 0 saturated heterocycles. The highest BCUT2D eigenvalue weighted by Crippen LogP contribution is 2.12. The van der Waals surface area contributed by atoms with Crippen molar-refractivity contribution in [2.24, 2.45) is 0 Å². The Morgan fingerprint density at radius 1 is 1.32 bits per heavy atom. The van der Waals surface area contributed by atoms with Crippen molar-refractivity contribution < 1.29 is 9.28 Å². The zero-order valence-electron chi connectivity index (χ0n) is 12.3. The number of hydrogen-bond acceptors (Lipinski definition) is 1. The molecule has 1 aromatic carbocycles. The summed E-state index contributed by atoms with van der Waals surface area (Å²) in [7, 11) is 4.43. The van der Waals surface area contributed by atoms with Crippen LogP contribution in [-0.2, 0) is 11.3 Å². The highest BCUT2D eigenvalue weighted by atomic mass is 16.1. The fourth-order valence-electron chi connectivity index (χ4n) is 2.10. The minimum atomic E-state index is 0.0466. The zero-order valence-corrected chi connectivity index (χ0v) is 12.3. The lowest BCUT2D eigenvalue weighted by atomic mass is 10.1. The largest absolute Gasteiger partial charge is 0.356 e. The molecular formula is C16H25N2O+. The van der Waals surface area contributed by atoms with Crippen molar-refractivity contribution in [3.63, 3.8) is 0 Å². The van der Waals surface area contributed by atoms with E-state index in [9.17, 15) is 4.79 Å². The number of rotatable bonds is 7. The van der Waals surface area contributed by atoms with Crippen LogP contribution in [0.5, 0.6) is 0 Å². The van der Waals surface area contributed by atoms with E-state index in [1.807, 2.05) is 6.08 Å². The maximum Gasteiger partial charge on any atom is 0.216 e. The lowest BCUT2D eigenvalue weighted by Crippen LogP contribution is -2.40. The van der Waals surface area contributed by atoms with E-state index in [0.717, 1.165) is 36.1 Å². The predicted molar refractivity (Wildman–Crippen MR) is 80.5 cm³/mol. The number of amides is 1. The van der Waals surface area contributed by atoms with E-state index in [4.69, 9.17) is 0 Å². The molecule has 0 bridgehead atoms. The first-order valence-corrected chi connectivity index (χ1v) is 6.71. The smallest absolute Gasteiger partial charge is 0.216 e. The van der Waals surface area contributed by atoms with Crippen LogP contribution in [0.1, 0.15) is 24.5 Å². The first-order valence-electron chi connectivity index (χ1n) is 6.71. The van der Waals surface area contributed by atoms with Gasteiger partial charge in [-0.25, -0.2) is 0 Å². The second-order valence-electron chi connectivity index (χ2n) is 5.60. The van der Waals surface area contributed by atoms with Gasteiger partial charge in [0.1, 0.15) is 6.54 Å². The number of carbonyl (C=O) groups is 1. The van der Waals surface area contributed by atoms with Crippen molar-refractivity contribution in [2.45, 2.75) is 19.9 Å². The molecule has 0 saturated carbocycles. The third-order valence-electron chi connectivity index (χ3n) is 3.14. The van der Waals surface area contributed by atoms with Gasteiger partial charge >= 0.3 is 0 Å². The molecule has 0 atom stereocenters. The molecule has 0 aromatic heterocycles. The zero-order chi connectivity index (χ0) is 14.3. The summed E-state index contributed by atoms with van der Waals surface area (Å²) in [5.74, 6) is 0.0466. The molecule has 0 fully saturated rings. The fraction of sp³-hybridized carbons (Fsp3) is 0.438. The van der Waals surface area contributed by atoms with Gasteiger partial charge in [-0.05, 0) is 5.56 Å². The van der Waals surface area contributed by atoms with Crippen molar-refractivity contribution >= 4 is 12.0 Å². The molecule has 1 amide bonds. The van der Waals surface area contributed by atoms with Crippen molar-refractivity contribution in [3.8, 4) is 0 Å². The molecule has 1 N–H and O–H groups in total. The van der Waals surface area contributed by atoms with E-state index in [1.165, 1.54) is 5.56 Å². The number of quaternary nitrogens is 1. The van der Waals surface area contributed by atoms with Gasteiger partial charge in [0.25, 0.3) is 0 Å². The van der Waals surface area contributed by atoms with Gasteiger partial charge < -0.3 is 9.80 Å².